The van der Waals surface area contributed by atoms with Crippen molar-refractivity contribution in [3.8, 4) is 23.0 Å². The van der Waals surface area contributed by atoms with Crippen LogP contribution in [0.4, 0.5) is 0 Å². The number of phenolic OH excluding ortho intramolecular Hbond substituents is 1. The molecular formula is C26H28N2O6. The molecule has 3 N–H and O–H groups in total. The number of ketones is 1. The van der Waals surface area contributed by atoms with E-state index in [0.717, 1.165) is 41.6 Å². The quantitative estimate of drug-likeness (QED) is 0.522. The van der Waals surface area contributed by atoms with Crippen molar-refractivity contribution in [2.24, 2.45) is 0 Å². The minimum Gasteiger partial charge on any atom is -0.507 e. The van der Waals surface area contributed by atoms with Crippen LogP contribution in [-0.4, -0.2) is 41.1 Å². The van der Waals surface area contributed by atoms with Crippen molar-refractivity contribution < 1.29 is 28.9 Å². The van der Waals surface area contributed by atoms with E-state index >= 15 is 0 Å². The maximum atomic E-state index is 12.7. The summed E-state index contributed by atoms with van der Waals surface area (Å²) in [5, 5.41) is 14.5. The third kappa shape index (κ3) is 4.04. The number of aromatic nitrogens is 1. The SMILES string of the molecule is COc1ccc2[nH]c3c(c2c1)CCCC3NC(=O)COc1cc(O)c2c(c1)OC(C)(C)CC2=O. The minimum atomic E-state index is -0.672. The summed E-state index contributed by atoms with van der Waals surface area (Å²) in [6.07, 6.45) is 2.91. The van der Waals surface area contributed by atoms with Crippen molar-refractivity contribution in [1.82, 2.24) is 10.3 Å². The van der Waals surface area contributed by atoms with Crippen LogP contribution in [0.25, 0.3) is 10.9 Å². The van der Waals surface area contributed by atoms with E-state index in [1.807, 2.05) is 32.0 Å². The zero-order valence-electron chi connectivity index (χ0n) is 19.5. The number of carbonyl (C=O) groups is 2. The highest BCUT2D eigenvalue weighted by atomic mass is 16.5. The summed E-state index contributed by atoms with van der Waals surface area (Å²) in [7, 11) is 1.65. The number of benzene rings is 2. The molecule has 2 aromatic carbocycles. The van der Waals surface area contributed by atoms with Crippen LogP contribution >= 0.6 is 0 Å². The summed E-state index contributed by atoms with van der Waals surface area (Å²) in [5.74, 6) is 0.664. The van der Waals surface area contributed by atoms with Gasteiger partial charge in [-0.3, -0.25) is 9.59 Å². The molecule has 1 aliphatic carbocycles. The number of aromatic amines is 1. The number of phenols is 1. The van der Waals surface area contributed by atoms with Gasteiger partial charge in [-0.1, -0.05) is 0 Å². The Labute approximate surface area is 197 Å². The molecule has 8 heteroatoms. The van der Waals surface area contributed by atoms with Gasteiger partial charge in [0.2, 0.25) is 0 Å². The Morgan fingerprint density at radius 3 is 2.88 bits per heavy atom. The van der Waals surface area contributed by atoms with Crippen LogP contribution in [0.3, 0.4) is 0 Å². The van der Waals surface area contributed by atoms with Crippen LogP contribution in [0.2, 0.25) is 0 Å². The Bertz CT molecular complexity index is 1290. The molecule has 1 amide bonds. The van der Waals surface area contributed by atoms with Crippen LogP contribution in [0.1, 0.15) is 60.8 Å². The van der Waals surface area contributed by atoms with Crippen molar-refractivity contribution in [3.63, 3.8) is 0 Å². The number of nitrogens with one attached hydrogen (secondary N) is 2. The third-order valence-electron chi connectivity index (χ3n) is 6.43. The maximum Gasteiger partial charge on any atom is 0.258 e. The molecule has 0 fully saturated rings. The zero-order valence-corrected chi connectivity index (χ0v) is 19.5. The molecule has 1 aliphatic heterocycles. The van der Waals surface area contributed by atoms with Gasteiger partial charge in [-0.2, -0.15) is 0 Å². The van der Waals surface area contributed by atoms with Crippen LogP contribution in [0, 0.1) is 0 Å². The molecule has 1 aromatic heterocycles. The van der Waals surface area contributed by atoms with E-state index < -0.39 is 5.60 Å². The molecule has 2 heterocycles. The van der Waals surface area contributed by atoms with Crippen molar-refractivity contribution in [3.05, 3.63) is 47.2 Å². The van der Waals surface area contributed by atoms with Crippen LogP contribution in [-0.2, 0) is 11.2 Å². The first-order valence-corrected chi connectivity index (χ1v) is 11.4. The van der Waals surface area contributed by atoms with Gasteiger partial charge in [-0.25, -0.2) is 0 Å². The lowest BCUT2D eigenvalue weighted by Crippen LogP contribution is -2.36. The predicted octanol–water partition coefficient (Wildman–Crippen LogP) is 4.20. The monoisotopic (exact) mass is 464 g/mol. The Balaban J connectivity index is 1.29. The fraction of sp³-hybridized carbons (Fsp3) is 0.385. The molecule has 2 aliphatic rings. The van der Waals surface area contributed by atoms with Crippen LogP contribution in [0.5, 0.6) is 23.0 Å². The molecule has 0 spiro atoms. The number of aromatic hydroxyl groups is 1. The zero-order chi connectivity index (χ0) is 24.0. The van der Waals surface area contributed by atoms with Crippen molar-refractivity contribution in [1.29, 1.82) is 0 Å². The van der Waals surface area contributed by atoms with E-state index in [1.54, 1.807) is 13.2 Å². The molecule has 178 valence electrons. The molecule has 0 bridgehead atoms. The average Bonchev–Trinajstić information content (AvgIpc) is 3.15. The van der Waals surface area contributed by atoms with Gasteiger partial charge in [0.25, 0.3) is 5.91 Å². The van der Waals surface area contributed by atoms with Gasteiger partial charge < -0.3 is 29.6 Å². The Kier molecular flexibility index (Phi) is 5.38. The number of hydrogen-bond donors (Lipinski definition) is 3. The fourth-order valence-electron chi connectivity index (χ4n) is 4.93. The lowest BCUT2D eigenvalue weighted by molar-refractivity contribution is -0.124. The summed E-state index contributed by atoms with van der Waals surface area (Å²) in [5.41, 5.74) is 2.72. The molecule has 0 radical (unpaired) electrons. The molecule has 8 nitrogen and oxygen atoms in total. The smallest absolute Gasteiger partial charge is 0.258 e. The largest absolute Gasteiger partial charge is 0.507 e. The van der Waals surface area contributed by atoms with Crippen molar-refractivity contribution in [2.75, 3.05) is 13.7 Å². The van der Waals surface area contributed by atoms with Crippen LogP contribution < -0.4 is 19.5 Å². The molecule has 3 aromatic rings. The van der Waals surface area contributed by atoms with E-state index in [9.17, 15) is 14.7 Å². The molecule has 1 unspecified atom stereocenters. The normalized spacial score (nSPS) is 18.6. The topological polar surface area (TPSA) is 110 Å². The summed E-state index contributed by atoms with van der Waals surface area (Å²) in [6, 6.07) is 8.68. The summed E-state index contributed by atoms with van der Waals surface area (Å²) >= 11 is 0. The highest BCUT2D eigenvalue weighted by molar-refractivity contribution is 6.03. The number of H-pyrrole nitrogens is 1. The Morgan fingerprint density at radius 2 is 2.09 bits per heavy atom. The predicted molar refractivity (Wildman–Crippen MR) is 126 cm³/mol. The van der Waals surface area contributed by atoms with E-state index in [4.69, 9.17) is 14.2 Å². The first-order chi connectivity index (χ1) is 16.2. The van der Waals surface area contributed by atoms with Gasteiger partial charge in [0.15, 0.2) is 12.4 Å². The number of methoxy groups -OCH3 is 1. The Morgan fingerprint density at radius 1 is 1.26 bits per heavy atom. The Hall–Kier alpha value is -3.68. The second kappa shape index (κ2) is 8.27. The number of carbonyl (C=O) groups excluding carboxylic acids is 2. The molecular weight excluding hydrogens is 436 g/mol. The van der Waals surface area contributed by atoms with Gasteiger partial charge in [0, 0.05) is 28.7 Å². The molecule has 0 saturated heterocycles. The number of ether oxygens (including phenoxy) is 3. The number of rotatable bonds is 5. The van der Waals surface area contributed by atoms with Gasteiger partial charge in [0.1, 0.15) is 34.2 Å². The van der Waals surface area contributed by atoms with Gasteiger partial charge in [-0.15, -0.1) is 0 Å². The van der Waals surface area contributed by atoms with Gasteiger partial charge >= 0.3 is 0 Å². The van der Waals surface area contributed by atoms with Gasteiger partial charge in [-0.05, 0) is 56.9 Å². The summed E-state index contributed by atoms with van der Waals surface area (Å²) in [4.78, 5) is 28.5. The van der Waals surface area contributed by atoms with E-state index in [0.29, 0.717) is 0 Å². The summed E-state index contributed by atoms with van der Waals surface area (Å²) in [6.45, 7) is 3.39. The minimum absolute atomic E-state index is 0.142. The molecule has 1 atom stereocenters. The highest BCUT2D eigenvalue weighted by Crippen LogP contribution is 2.41. The summed E-state index contributed by atoms with van der Waals surface area (Å²) < 4.78 is 16.9. The number of aryl methyl sites for hydroxylation is 1. The average molecular weight is 465 g/mol. The third-order valence-corrected chi connectivity index (χ3v) is 6.43. The maximum absolute atomic E-state index is 12.7. The first kappa shape index (κ1) is 22.1. The molecule has 0 saturated carbocycles. The van der Waals surface area contributed by atoms with E-state index in [-0.39, 0.29) is 53.6 Å². The first-order valence-electron chi connectivity index (χ1n) is 11.4. The number of Topliss-reactive ketones (excluding diaryl/α,β-unsaturated/α-hetero) is 1. The lowest BCUT2D eigenvalue weighted by Gasteiger charge is -2.32. The van der Waals surface area contributed by atoms with E-state index in [2.05, 4.69) is 10.3 Å². The number of amides is 1. The fourth-order valence-corrected chi connectivity index (χ4v) is 4.93. The van der Waals surface area contributed by atoms with Crippen LogP contribution in [0.15, 0.2) is 30.3 Å². The second-order valence-corrected chi connectivity index (χ2v) is 9.51. The molecule has 34 heavy (non-hydrogen) atoms. The second-order valence-electron chi connectivity index (χ2n) is 9.51. The van der Waals surface area contributed by atoms with Gasteiger partial charge in [0.05, 0.1) is 19.6 Å². The van der Waals surface area contributed by atoms with E-state index in [1.165, 1.54) is 11.6 Å². The van der Waals surface area contributed by atoms with Crippen molar-refractivity contribution in [2.45, 2.75) is 51.2 Å². The van der Waals surface area contributed by atoms with Crippen molar-refractivity contribution >= 4 is 22.6 Å². The standard InChI is InChI=1S/C26H28N2O6/c1-26(2)12-21(30)24-20(29)10-15(11-22(24)34-26)33-13-23(31)27-19-6-4-5-16-17-9-14(32-3)7-8-18(17)28-25(16)19/h7-11,19,28-29H,4-6,12-13H2,1-3H3,(H,27,31). The number of hydrogen-bond acceptors (Lipinski definition) is 6. The number of fused-ring (bicyclic) bond motifs is 4. The molecule has 5 rings (SSSR count). The lowest BCUT2D eigenvalue weighted by atomic mass is 9.91. The highest BCUT2D eigenvalue weighted by Gasteiger charge is 2.35.